The predicted molar refractivity (Wildman–Crippen MR) is 189 cm³/mol. The first-order valence-corrected chi connectivity index (χ1v) is 17.1. The summed E-state index contributed by atoms with van der Waals surface area (Å²) in [4.78, 5) is 44.5. The molecular formula is C39H41F3N6O4. The molecule has 1 fully saturated rings. The minimum absolute atomic E-state index is 0.125. The number of hydrogen-bond donors (Lipinski definition) is 2. The SMILES string of the molecule is Cc1cc2nc([C@@H]3CO[C@H](CCc4c(F)cncc4NC(=O)CC(c4ccc(F)cc4)c4ccncc4F)CN3C(=O)OC(C)(C)C)[nH]c2cc1C. The summed E-state index contributed by atoms with van der Waals surface area (Å²) in [5.74, 6) is -2.43. The third-order valence-electron chi connectivity index (χ3n) is 9.16. The van der Waals surface area contributed by atoms with Crippen molar-refractivity contribution in [1.82, 2.24) is 24.8 Å². The van der Waals surface area contributed by atoms with Crippen LogP contribution in [0.3, 0.4) is 0 Å². The molecule has 4 heterocycles. The predicted octanol–water partition coefficient (Wildman–Crippen LogP) is 7.86. The van der Waals surface area contributed by atoms with E-state index < -0.39 is 53.1 Å². The number of nitrogens with one attached hydrogen (secondary N) is 2. The van der Waals surface area contributed by atoms with Crippen molar-refractivity contribution in [3.05, 3.63) is 118 Å². The average Bonchev–Trinajstić information content (AvgIpc) is 3.49. The Morgan fingerprint density at radius 3 is 2.48 bits per heavy atom. The van der Waals surface area contributed by atoms with Crippen LogP contribution in [0.15, 0.2) is 67.3 Å². The second-order valence-electron chi connectivity index (χ2n) is 14.1. The molecule has 2 amide bonds. The van der Waals surface area contributed by atoms with E-state index >= 15 is 4.39 Å². The fraction of sp³-hybridized carbons (Fsp3) is 0.359. The van der Waals surface area contributed by atoms with Gasteiger partial charge in [0.05, 0.1) is 54.6 Å². The van der Waals surface area contributed by atoms with Gasteiger partial charge in [0, 0.05) is 24.1 Å². The highest BCUT2D eigenvalue weighted by molar-refractivity contribution is 5.92. The number of halogens is 3. The number of aromatic nitrogens is 4. The quantitative estimate of drug-likeness (QED) is 0.159. The van der Waals surface area contributed by atoms with E-state index in [1.165, 1.54) is 42.7 Å². The molecular weight excluding hydrogens is 673 g/mol. The topological polar surface area (TPSA) is 122 Å². The number of anilines is 1. The number of hydrogen-bond acceptors (Lipinski definition) is 7. The van der Waals surface area contributed by atoms with E-state index in [4.69, 9.17) is 14.5 Å². The van der Waals surface area contributed by atoms with Crippen LogP contribution in [0.25, 0.3) is 11.0 Å². The van der Waals surface area contributed by atoms with Gasteiger partial charge in [0.2, 0.25) is 5.91 Å². The minimum atomic E-state index is -0.768. The zero-order valence-corrected chi connectivity index (χ0v) is 29.7. The van der Waals surface area contributed by atoms with E-state index in [2.05, 4.69) is 20.3 Å². The molecule has 13 heteroatoms. The number of carbonyl (C=O) groups is 2. The van der Waals surface area contributed by atoms with E-state index in [0.717, 1.165) is 34.6 Å². The van der Waals surface area contributed by atoms with Crippen molar-refractivity contribution in [1.29, 1.82) is 0 Å². The van der Waals surface area contributed by atoms with E-state index in [1.54, 1.807) is 25.7 Å². The highest BCUT2D eigenvalue weighted by Gasteiger charge is 2.38. The van der Waals surface area contributed by atoms with Gasteiger partial charge >= 0.3 is 6.09 Å². The van der Waals surface area contributed by atoms with Crippen molar-refractivity contribution in [3.8, 4) is 0 Å². The number of morpholine rings is 1. The molecule has 0 saturated carbocycles. The van der Waals surface area contributed by atoms with Crippen LogP contribution in [-0.2, 0) is 20.7 Å². The lowest BCUT2D eigenvalue weighted by Crippen LogP contribution is -2.49. The van der Waals surface area contributed by atoms with Crippen LogP contribution >= 0.6 is 0 Å². The molecule has 3 aromatic heterocycles. The lowest BCUT2D eigenvalue weighted by atomic mass is 9.88. The van der Waals surface area contributed by atoms with Crippen molar-refractivity contribution >= 4 is 28.7 Å². The van der Waals surface area contributed by atoms with Gasteiger partial charge in [0.1, 0.15) is 34.9 Å². The number of rotatable bonds is 9. The van der Waals surface area contributed by atoms with Crippen LogP contribution in [0, 0.1) is 31.3 Å². The maximum Gasteiger partial charge on any atom is 0.411 e. The number of imidazole rings is 1. The monoisotopic (exact) mass is 714 g/mol. The van der Waals surface area contributed by atoms with Gasteiger partial charge in [-0.3, -0.25) is 19.7 Å². The number of pyridine rings is 2. The summed E-state index contributed by atoms with van der Waals surface area (Å²) >= 11 is 0. The van der Waals surface area contributed by atoms with E-state index in [1.807, 2.05) is 26.0 Å². The Hall–Kier alpha value is -5.30. The van der Waals surface area contributed by atoms with Gasteiger partial charge in [0.25, 0.3) is 0 Å². The number of ether oxygens (including phenoxy) is 2. The van der Waals surface area contributed by atoms with Gasteiger partial charge in [0.15, 0.2) is 0 Å². The van der Waals surface area contributed by atoms with E-state index in [0.29, 0.717) is 17.8 Å². The van der Waals surface area contributed by atoms with Crippen molar-refractivity contribution in [2.75, 3.05) is 18.5 Å². The molecule has 6 rings (SSSR count). The summed E-state index contributed by atoms with van der Waals surface area (Å²) < 4.78 is 55.9. The molecule has 1 saturated heterocycles. The third-order valence-corrected chi connectivity index (χ3v) is 9.16. The largest absolute Gasteiger partial charge is 0.444 e. The molecule has 0 radical (unpaired) electrons. The number of nitrogens with zero attached hydrogens (tertiary/aromatic N) is 4. The van der Waals surface area contributed by atoms with Crippen LogP contribution in [-0.4, -0.2) is 61.7 Å². The molecule has 0 aliphatic carbocycles. The van der Waals surface area contributed by atoms with Crippen LogP contribution < -0.4 is 5.32 Å². The van der Waals surface area contributed by atoms with Crippen molar-refractivity contribution in [3.63, 3.8) is 0 Å². The Balaban J connectivity index is 1.18. The number of fused-ring (bicyclic) bond motifs is 1. The van der Waals surface area contributed by atoms with Crippen LogP contribution in [0.1, 0.15) is 79.2 Å². The van der Waals surface area contributed by atoms with Crippen LogP contribution in [0.4, 0.5) is 23.7 Å². The molecule has 1 aliphatic rings. The maximum absolute atomic E-state index is 15.3. The summed E-state index contributed by atoms with van der Waals surface area (Å²) in [7, 11) is 0. The minimum Gasteiger partial charge on any atom is -0.444 e. The molecule has 0 spiro atoms. The molecule has 1 aliphatic heterocycles. The summed E-state index contributed by atoms with van der Waals surface area (Å²) in [5.41, 5.74) is 4.19. The molecule has 272 valence electrons. The number of benzene rings is 2. The zero-order chi connectivity index (χ0) is 37.2. The maximum atomic E-state index is 15.3. The van der Waals surface area contributed by atoms with Gasteiger partial charge < -0.3 is 19.8 Å². The molecule has 1 unspecified atom stereocenters. The first-order chi connectivity index (χ1) is 24.8. The fourth-order valence-electron chi connectivity index (χ4n) is 6.37. The Morgan fingerprint density at radius 1 is 1.02 bits per heavy atom. The van der Waals surface area contributed by atoms with Gasteiger partial charge in [-0.25, -0.2) is 22.9 Å². The third kappa shape index (κ3) is 8.42. The molecule has 0 bridgehead atoms. The van der Waals surface area contributed by atoms with E-state index in [-0.39, 0.29) is 42.8 Å². The van der Waals surface area contributed by atoms with Gasteiger partial charge in [-0.2, -0.15) is 0 Å². The first kappa shape index (κ1) is 36.5. The normalized spacial score (nSPS) is 16.9. The molecule has 52 heavy (non-hydrogen) atoms. The number of carbonyl (C=O) groups excluding carboxylic acids is 2. The smallest absolute Gasteiger partial charge is 0.411 e. The fourth-order valence-corrected chi connectivity index (χ4v) is 6.37. The van der Waals surface area contributed by atoms with E-state index in [9.17, 15) is 18.4 Å². The number of aryl methyl sites for hydroxylation is 2. The number of aromatic amines is 1. The van der Waals surface area contributed by atoms with Crippen molar-refractivity contribution in [2.45, 2.75) is 77.5 Å². The Bertz CT molecular complexity index is 2040. The molecule has 10 nitrogen and oxygen atoms in total. The van der Waals surface area contributed by atoms with Crippen molar-refractivity contribution < 1.29 is 32.2 Å². The highest BCUT2D eigenvalue weighted by atomic mass is 19.1. The van der Waals surface area contributed by atoms with Gasteiger partial charge in [-0.1, -0.05) is 12.1 Å². The second-order valence-corrected chi connectivity index (χ2v) is 14.1. The summed E-state index contributed by atoms with van der Waals surface area (Å²) in [6.45, 7) is 9.70. The van der Waals surface area contributed by atoms with Crippen LogP contribution in [0.5, 0.6) is 0 Å². The first-order valence-electron chi connectivity index (χ1n) is 17.1. The van der Waals surface area contributed by atoms with Gasteiger partial charge in [-0.05, 0) is 100 Å². The lowest BCUT2D eigenvalue weighted by Gasteiger charge is -2.39. The van der Waals surface area contributed by atoms with Crippen molar-refractivity contribution in [2.24, 2.45) is 0 Å². The summed E-state index contributed by atoms with van der Waals surface area (Å²) in [6, 6.07) is 10.4. The second kappa shape index (κ2) is 15.1. The standard InChI is InChI=1S/C39H41F3N6O4/c1-22-14-32-33(15-23(22)2)47-37(46-32)35-21-51-26(20-48(35)38(50)52-39(3,4)5)10-11-28-31(42)18-44-19-34(28)45-36(49)16-29(24-6-8-25(40)9-7-24)27-12-13-43-17-30(27)41/h6-9,12-15,17-19,26,29,35H,10-11,16,20-21H2,1-5H3,(H,45,49)(H,46,47)/t26-,29?,35+/m1/s1. The molecule has 2 N–H and O–H groups in total. The highest BCUT2D eigenvalue weighted by Crippen LogP contribution is 2.33. The Morgan fingerprint density at radius 2 is 1.75 bits per heavy atom. The summed E-state index contributed by atoms with van der Waals surface area (Å²) in [6.07, 6.45) is 4.09. The number of H-pyrrole nitrogens is 1. The molecule has 3 atom stereocenters. The summed E-state index contributed by atoms with van der Waals surface area (Å²) in [5, 5.41) is 2.75. The molecule has 5 aromatic rings. The average molecular weight is 715 g/mol. The lowest BCUT2D eigenvalue weighted by molar-refractivity contribution is -0.116. The van der Waals surface area contributed by atoms with Gasteiger partial charge in [-0.15, -0.1) is 0 Å². The Kier molecular flexibility index (Phi) is 10.6. The van der Waals surface area contributed by atoms with Crippen LogP contribution in [0.2, 0.25) is 0 Å². The zero-order valence-electron chi connectivity index (χ0n) is 29.7. The Labute approximate surface area is 299 Å². The molecule has 2 aromatic carbocycles. The number of amides is 2.